The minimum absolute atomic E-state index is 0.115. The molecule has 1 fully saturated rings. The second-order valence-corrected chi connectivity index (χ2v) is 5.38. The highest BCUT2D eigenvalue weighted by molar-refractivity contribution is 5.69. The van der Waals surface area contributed by atoms with Gasteiger partial charge in [0.2, 0.25) is 0 Å². The first-order valence-electron chi connectivity index (χ1n) is 6.96. The fraction of sp³-hybridized carbons (Fsp3) is 0.533. The number of rotatable bonds is 4. The fourth-order valence-electron chi connectivity index (χ4n) is 2.60. The van der Waals surface area contributed by atoms with Crippen molar-refractivity contribution in [3.63, 3.8) is 0 Å². The summed E-state index contributed by atoms with van der Waals surface area (Å²) in [7, 11) is 0. The van der Waals surface area contributed by atoms with Gasteiger partial charge in [-0.05, 0) is 37.1 Å². The van der Waals surface area contributed by atoms with Gasteiger partial charge in [-0.3, -0.25) is 14.6 Å². The van der Waals surface area contributed by atoms with Gasteiger partial charge >= 0.3 is 5.97 Å². The van der Waals surface area contributed by atoms with Crippen molar-refractivity contribution in [2.75, 3.05) is 32.7 Å². The largest absolute Gasteiger partial charge is 0.480 e. The molecule has 1 aliphatic rings. The third-order valence-electron chi connectivity index (χ3n) is 3.67. The Kier molecular flexibility index (Phi) is 5.09. The molecule has 1 heterocycles. The number of aliphatic carboxylic acids is 1. The smallest absolute Gasteiger partial charge is 0.317 e. The molecule has 0 bridgehead atoms. The predicted octanol–water partition coefficient (Wildman–Crippen LogP) is 1.73. The summed E-state index contributed by atoms with van der Waals surface area (Å²) in [4.78, 5) is 15.0. The van der Waals surface area contributed by atoms with Crippen molar-refractivity contribution < 1.29 is 14.3 Å². The summed E-state index contributed by atoms with van der Waals surface area (Å²) in [5.74, 6) is -0.940. The van der Waals surface area contributed by atoms with Crippen LogP contribution in [0.4, 0.5) is 4.39 Å². The Hall–Kier alpha value is -1.46. The van der Waals surface area contributed by atoms with Crippen molar-refractivity contribution >= 4 is 5.97 Å². The molecular formula is C15H21FN2O2. The van der Waals surface area contributed by atoms with Gasteiger partial charge in [0, 0.05) is 26.2 Å². The first kappa shape index (κ1) is 14.9. The Labute approximate surface area is 118 Å². The number of nitrogens with zero attached hydrogens (tertiary/aromatic N) is 2. The van der Waals surface area contributed by atoms with E-state index >= 15 is 0 Å². The summed E-state index contributed by atoms with van der Waals surface area (Å²) < 4.78 is 13.2. The molecule has 0 unspecified atom stereocenters. The van der Waals surface area contributed by atoms with Gasteiger partial charge in [-0.15, -0.1) is 0 Å². The number of carboxylic acid groups (broad SMARTS) is 1. The second-order valence-electron chi connectivity index (χ2n) is 5.38. The van der Waals surface area contributed by atoms with Crippen molar-refractivity contribution in [2.45, 2.75) is 19.9 Å². The lowest BCUT2D eigenvalue weighted by molar-refractivity contribution is -0.138. The number of hydrogen-bond donors (Lipinski definition) is 1. The zero-order chi connectivity index (χ0) is 14.5. The van der Waals surface area contributed by atoms with Crippen molar-refractivity contribution in [2.24, 2.45) is 0 Å². The highest BCUT2D eigenvalue weighted by Gasteiger charge is 2.16. The summed E-state index contributed by atoms with van der Waals surface area (Å²) in [5, 5.41) is 8.82. The van der Waals surface area contributed by atoms with E-state index in [1.54, 1.807) is 6.92 Å². The van der Waals surface area contributed by atoms with Crippen LogP contribution >= 0.6 is 0 Å². The van der Waals surface area contributed by atoms with E-state index in [1.807, 2.05) is 17.0 Å². The van der Waals surface area contributed by atoms with E-state index in [2.05, 4.69) is 4.90 Å². The molecule has 5 heteroatoms. The fourth-order valence-corrected chi connectivity index (χ4v) is 2.60. The van der Waals surface area contributed by atoms with Crippen LogP contribution in [-0.2, 0) is 11.3 Å². The van der Waals surface area contributed by atoms with Crippen LogP contribution in [0.5, 0.6) is 0 Å². The molecule has 0 aromatic heterocycles. The molecule has 1 aromatic rings. The van der Waals surface area contributed by atoms with E-state index in [1.165, 1.54) is 6.07 Å². The molecule has 1 N–H and O–H groups in total. The Morgan fingerprint density at radius 3 is 2.65 bits per heavy atom. The SMILES string of the molecule is Cc1cc(CN2CCCN(CC(=O)O)CC2)ccc1F. The molecular weight excluding hydrogens is 259 g/mol. The van der Waals surface area contributed by atoms with Gasteiger partial charge in [-0.1, -0.05) is 12.1 Å². The van der Waals surface area contributed by atoms with Crippen LogP contribution < -0.4 is 0 Å². The highest BCUT2D eigenvalue weighted by Crippen LogP contribution is 2.13. The van der Waals surface area contributed by atoms with Crippen LogP contribution in [-0.4, -0.2) is 53.6 Å². The molecule has 20 heavy (non-hydrogen) atoms. The van der Waals surface area contributed by atoms with Gasteiger partial charge in [0.15, 0.2) is 0 Å². The molecule has 4 nitrogen and oxygen atoms in total. The molecule has 1 aromatic carbocycles. The van der Waals surface area contributed by atoms with Gasteiger partial charge in [0.05, 0.1) is 6.54 Å². The van der Waals surface area contributed by atoms with E-state index in [4.69, 9.17) is 5.11 Å². The van der Waals surface area contributed by atoms with Gasteiger partial charge in [0.1, 0.15) is 5.82 Å². The standard InChI is InChI=1S/C15H21FN2O2/c1-12-9-13(3-4-14(12)16)10-17-5-2-6-18(8-7-17)11-15(19)20/h3-4,9H,2,5-8,10-11H2,1H3,(H,19,20). The quantitative estimate of drug-likeness (QED) is 0.912. The average Bonchev–Trinajstić information content (AvgIpc) is 2.59. The maximum absolute atomic E-state index is 13.2. The molecule has 1 aliphatic heterocycles. The maximum Gasteiger partial charge on any atom is 0.317 e. The summed E-state index contributed by atoms with van der Waals surface area (Å²) in [6.07, 6.45) is 0.966. The molecule has 0 aliphatic carbocycles. The molecule has 0 atom stereocenters. The van der Waals surface area contributed by atoms with E-state index in [-0.39, 0.29) is 12.4 Å². The number of carboxylic acids is 1. The number of carbonyl (C=O) groups is 1. The summed E-state index contributed by atoms with van der Waals surface area (Å²) in [6, 6.07) is 5.22. The zero-order valence-electron chi connectivity index (χ0n) is 11.8. The normalized spacial score (nSPS) is 17.9. The van der Waals surface area contributed by atoms with Gasteiger partial charge in [0.25, 0.3) is 0 Å². The Balaban J connectivity index is 1.90. The van der Waals surface area contributed by atoms with E-state index < -0.39 is 5.97 Å². The third-order valence-corrected chi connectivity index (χ3v) is 3.67. The van der Waals surface area contributed by atoms with E-state index in [0.717, 1.165) is 44.7 Å². The first-order valence-corrected chi connectivity index (χ1v) is 6.96. The lowest BCUT2D eigenvalue weighted by Gasteiger charge is -2.21. The minimum Gasteiger partial charge on any atom is -0.480 e. The second kappa shape index (κ2) is 6.81. The minimum atomic E-state index is -0.771. The Bertz CT molecular complexity index is 479. The molecule has 0 spiro atoms. The van der Waals surface area contributed by atoms with Gasteiger partial charge in [-0.2, -0.15) is 0 Å². The Morgan fingerprint density at radius 2 is 1.95 bits per heavy atom. The van der Waals surface area contributed by atoms with Gasteiger partial charge < -0.3 is 5.11 Å². The first-order chi connectivity index (χ1) is 9.54. The number of aryl methyl sites for hydroxylation is 1. The van der Waals surface area contributed by atoms with Crippen LogP contribution in [0.1, 0.15) is 17.5 Å². The molecule has 2 rings (SSSR count). The van der Waals surface area contributed by atoms with Crippen LogP contribution in [0.2, 0.25) is 0 Å². The summed E-state index contributed by atoms with van der Waals surface area (Å²) in [5.41, 5.74) is 1.78. The van der Waals surface area contributed by atoms with Crippen LogP contribution in [0.3, 0.4) is 0 Å². The van der Waals surface area contributed by atoms with Crippen LogP contribution in [0.15, 0.2) is 18.2 Å². The number of halogens is 1. The van der Waals surface area contributed by atoms with E-state index in [9.17, 15) is 9.18 Å². The Morgan fingerprint density at radius 1 is 1.25 bits per heavy atom. The molecule has 0 saturated carbocycles. The van der Waals surface area contributed by atoms with Crippen molar-refractivity contribution in [1.29, 1.82) is 0 Å². The van der Waals surface area contributed by atoms with Crippen molar-refractivity contribution in [1.82, 2.24) is 9.80 Å². The summed E-state index contributed by atoms with van der Waals surface area (Å²) in [6.45, 7) is 6.08. The molecule has 110 valence electrons. The lowest BCUT2D eigenvalue weighted by atomic mass is 10.1. The maximum atomic E-state index is 13.2. The average molecular weight is 280 g/mol. The van der Waals surface area contributed by atoms with Crippen molar-refractivity contribution in [3.8, 4) is 0 Å². The van der Waals surface area contributed by atoms with Crippen LogP contribution in [0, 0.1) is 12.7 Å². The zero-order valence-corrected chi connectivity index (χ0v) is 11.8. The number of benzene rings is 1. The molecule has 1 saturated heterocycles. The topological polar surface area (TPSA) is 43.8 Å². The van der Waals surface area contributed by atoms with Crippen LogP contribution in [0.25, 0.3) is 0 Å². The van der Waals surface area contributed by atoms with Gasteiger partial charge in [-0.25, -0.2) is 4.39 Å². The summed E-state index contributed by atoms with van der Waals surface area (Å²) >= 11 is 0. The predicted molar refractivity (Wildman–Crippen MR) is 75.1 cm³/mol. The van der Waals surface area contributed by atoms with E-state index in [0.29, 0.717) is 5.56 Å². The molecule has 0 amide bonds. The number of hydrogen-bond acceptors (Lipinski definition) is 3. The third kappa shape index (κ3) is 4.28. The highest BCUT2D eigenvalue weighted by atomic mass is 19.1. The lowest BCUT2D eigenvalue weighted by Crippen LogP contribution is -2.34. The monoisotopic (exact) mass is 280 g/mol. The van der Waals surface area contributed by atoms with Crippen molar-refractivity contribution in [3.05, 3.63) is 35.1 Å². The molecule has 0 radical (unpaired) electrons.